The fraction of sp³-hybridized carbons (Fsp3) is 0.400. The van der Waals surface area contributed by atoms with Crippen LogP contribution in [-0.2, 0) is 6.42 Å². The molecule has 0 unspecified atom stereocenters. The lowest BCUT2D eigenvalue weighted by Gasteiger charge is -2.10. The second kappa shape index (κ2) is 4.23. The molecule has 0 bridgehead atoms. The Morgan fingerprint density at radius 3 is 2.67 bits per heavy atom. The van der Waals surface area contributed by atoms with Gasteiger partial charge in [-0.1, -0.05) is 25.1 Å². The van der Waals surface area contributed by atoms with Crippen LogP contribution in [0.15, 0.2) is 18.2 Å². The molecule has 0 aliphatic heterocycles. The first-order valence-electron chi connectivity index (χ1n) is 4.12. The molecule has 2 heteroatoms. The van der Waals surface area contributed by atoms with Crippen LogP contribution >= 0.6 is 22.6 Å². The topological polar surface area (TPSA) is 20.2 Å². The number of halogens is 1. The molecule has 1 rings (SSSR count). The van der Waals surface area contributed by atoms with E-state index in [0.717, 1.165) is 12.0 Å². The molecule has 0 saturated carbocycles. The first-order chi connectivity index (χ1) is 5.66. The minimum atomic E-state index is -0.358. The fourth-order valence-corrected chi connectivity index (χ4v) is 2.39. The summed E-state index contributed by atoms with van der Waals surface area (Å²) in [4.78, 5) is 0. The monoisotopic (exact) mass is 276 g/mol. The molecule has 1 aromatic rings. The highest BCUT2D eigenvalue weighted by Gasteiger charge is 2.07. The summed E-state index contributed by atoms with van der Waals surface area (Å²) in [7, 11) is 0. The van der Waals surface area contributed by atoms with Gasteiger partial charge in [-0.3, -0.25) is 0 Å². The van der Waals surface area contributed by atoms with Crippen molar-refractivity contribution in [3.8, 4) is 0 Å². The molecular weight excluding hydrogens is 263 g/mol. The molecule has 0 aromatic heterocycles. The Bertz CT molecular complexity index is 269. The summed E-state index contributed by atoms with van der Waals surface area (Å²) in [6.45, 7) is 3.93. The molecule has 0 spiro atoms. The lowest BCUT2D eigenvalue weighted by Crippen LogP contribution is -1.97. The smallest absolute Gasteiger partial charge is 0.0772 e. The molecule has 1 aromatic carbocycles. The van der Waals surface area contributed by atoms with Crippen LogP contribution in [0, 0.1) is 3.57 Å². The van der Waals surface area contributed by atoms with Crippen molar-refractivity contribution in [2.24, 2.45) is 0 Å². The molecule has 0 saturated heterocycles. The molecule has 0 aliphatic rings. The van der Waals surface area contributed by atoms with E-state index in [4.69, 9.17) is 0 Å². The van der Waals surface area contributed by atoms with E-state index in [1.165, 1.54) is 9.13 Å². The number of hydrogen-bond acceptors (Lipinski definition) is 1. The Morgan fingerprint density at radius 2 is 2.17 bits per heavy atom. The molecule has 12 heavy (non-hydrogen) atoms. The third-order valence-corrected chi connectivity index (χ3v) is 3.26. The third kappa shape index (κ3) is 1.98. The van der Waals surface area contributed by atoms with Crippen LogP contribution < -0.4 is 0 Å². The summed E-state index contributed by atoms with van der Waals surface area (Å²) >= 11 is 2.30. The van der Waals surface area contributed by atoms with E-state index < -0.39 is 0 Å². The van der Waals surface area contributed by atoms with Crippen molar-refractivity contribution in [3.05, 3.63) is 32.9 Å². The van der Waals surface area contributed by atoms with Gasteiger partial charge in [-0.2, -0.15) is 0 Å². The van der Waals surface area contributed by atoms with Crippen molar-refractivity contribution in [1.29, 1.82) is 0 Å². The minimum absolute atomic E-state index is 0.358. The number of aliphatic hydroxyl groups is 1. The normalized spacial score (nSPS) is 13.0. The van der Waals surface area contributed by atoms with Gasteiger partial charge in [0, 0.05) is 3.57 Å². The van der Waals surface area contributed by atoms with Crippen molar-refractivity contribution in [2.45, 2.75) is 26.4 Å². The highest BCUT2D eigenvalue weighted by Crippen LogP contribution is 2.23. The average molecular weight is 276 g/mol. The van der Waals surface area contributed by atoms with Crippen LogP contribution in [0.4, 0.5) is 0 Å². The zero-order valence-corrected chi connectivity index (χ0v) is 9.50. The number of rotatable bonds is 2. The van der Waals surface area contributed by atoms with Gasteiger partial charge in [-0.05, 0) is 47.1 Å². The van der Waals surface area contributed by atoms with Crippen LogP contribution in [0.3, 0.4) is 0 Å². The van der Waals surface area contributed by atoms with Crippen molar-refractivity contribution in [2.75, 3.05) is 0 Å². The standard InChI is InChI=1S/C10H13IO/c1-3-8-5-4-6-9(7(2)12)10(8)11/h4-7,12H,3H2,1-2H3/t7-/m1/s1. The summed E-state index contributed by atoms with van der Waals surface area (Å²) in [6.07, 6.45) is 0.669. The maximum atomic E-state index is 9.42. The Kier molecular flexibility index (Phi) is 3.53. The van der Waals surface area contributed by atoms with Crippen molar-refractivity contribution >= 4 is 22.6 Å². The van der Waals surface area contributed by atoms with E-state index in [9.17, 15) is 5.11 Å². The van der Waals surface area contributed by atoms with Crippen LogP contribution in [0.5, 0.6) is 0 Å². The van der Waals surface area contributed by atoms with E-state index >= 15 is 0 Å². The minimum Gasteiger partial charge on any atom is -0.389 e. The Morgan fingerprint density at radius 1 is 1.50 bits per heavy atom. The molecule has 0 heterocycles. The SMILES string of the molecule is CCc1cccc([C@@H](C)O)c1I. The second-order valence-electron chi connectivity index (χ2n) is 2.85. The highest BCUT2D eigenvalue weighted by molar-refractivity contribution is 14.1. The zero-order valence-electron chi connectivity index (χ0n) is 7.34. The zero-order chi connectivity index (χ0) is 9.14. The van der Waals surface area contributed by atoms with Crippen LogP contribution in [-0.4, -0.2) is 5.11 Å². The number of hydrogen-bond donors (Lipinski definition) is 1. The van der Waals surface area contributed by atoms with Crippen molar-refractivity contribution in [1.82, 2.24) is 0 Å². The first kappa shape index (κ1) is 9.99. The maximum absolute atomic E-state index is 9.42. The van der Waals surface area contributed by atoms with Gasteiger partial charge in [0.2, 0.25) is 0 Å². The number of aliphatic hydroxyl groups excluding tert-OH is 1. The van der Waals surface area contributed by atoms with E-state index in [1.54, 1.807) is 6.92 Å². The third-order valence-electron chi connectivity index (χ3n) is 1.94. The predicted molar refractivity (Wildman–Crippen MR) is 59.2 cm³/mol. The van der Waals surface area contributed by atoms with Gasteiger partial charge in [-0.15, -0.1) is 0 Å². The number of benzene rings is 1. The summed E-state index contributed by atoms with van der Waals surface area (Å²) in [5.41, 5.74) is 2.35. The molecular formula is C10H13IO. The van der Waals surface area contributed by atoms with Gasteiger partial charge < -0.3 is 5.11 Å². The summed E-state index contributed by atoms with van der Waals surface area (Å²) in [5, 5.41) is 9.42. The van der Waals surface area contributed by atoms with E-state index in [0.29, 0.717) is 0 Å². The Hall–Kier alpha value is -0.0900. The Labute approximate surface area is 86.9 Å². The first-order valence-corrected chi connectivity index (χ1v) is 5.20. The van der Waals surface area contributed by atoms with Gasteiger partial charge >= 0.3 is 0 Å². The lowest BCUT2D eigenvalue weighted by molar-refractivity contribution is 0.198. The lowest BCUT2D eigenvalue weighted by atomic mass is 10.1. The largest absolute Gasteiger partial charge is 0.389 e. The number of aryl methyl sites for hydroxylation is 1. The molecule has 1 atom stereocenters. The quantitative estimate of drug-likeness (QED) is 0.823. The van der Waals surface area contributed by atoms with E-state index in [2.05, 4.69) is 35.6 Å². The van der Waals surface area contributed by atoms with Gasteiger partial charge in [0.1, 0.15) is 0 Å². The van der Waals surface area contributed by atoms with E-state index in [-0.39, 0.29) is 6.10 Å². The Balaban J connectivity index is 3.14. The summed E-state index contributed by atoms with van der Waals surface area (Å²) in [6, 6.07) is 6.09. The average Bonchev–Trinajstić information content (AvgIpc) is 2.04. The molecule has 1 nitrogen and oxygen atoms in total. The molecule has 66 valence electrons. The van der Waals surface area contributed by atoms with Gasteiger partial charge in [0.05, 0.1) is 6.10 Å². The van der Waals surface area contributed by atoms with Crippen LogP contribution in [0.1, 0.15) is 31.1 Å². The van der Waals surface area contributed by atoms with Crippen molar-refractivity contribution in [3.63, 3.8) is 0 Å². The highest BCUT2D eigenvalue weighted by atomic mass is 127. The molecule has 0 amide bonds. The predicted octanol–water partition coefficient (Wildman–Crippen LogP) is 2.91. The van der Waals surface area contributed by atoms with Gasteiger partial charge in [0.15, 0.2) is 0 Å². The van der Waals surface area contributed by atoms with Crippen LogP contribution in [0.25, 0.3) is 0 Å². The molecule has 0 aliphatic carbocycles. The summed E-state index contributed by atoms with van der Waals surface area (Å²) < 4.78 is 1.20. The van der Waals surface area contributed by atoms with Crippen LogP contribution in [0.2, 0.25) is 0 Å². The second-order valence-corrected chi connectivity index (χ2v) is 3.93. The van der Waals surface area contributed by atoms with Gasteiger partial charge in [-0.25, -0.2) is 0 Å². The van der Waals surface area contributed by atoms with Crippen molar-refractivity contribution < 1.29 is 5.11 Å². The molecule has 0 fully saturated rings. The van der Waals surface area contributed by atoms with Gasteiger partial charge in [0.25, 0.3) is 0 Å². The fourth-order valence-electron chi connectivity index (χ4n) is 1.20. The maximum Gasteiger partial charge on any atom is 0.0772 e. The molecule has 0 radical (unpaired) electrons. The molecule has 1 N–H and O–H groups in total. The van der Waals surface area contributed by atoms with E-state index in [1.807, 2.05) is 12.1 Å². The summed E-state index contributed by atoms with van der Waals surface area (Å²) in [5.74, 6) is 0.